The Morgan fingerprint density at radius 2 is 2.00 bits per heavy atom. The van der Waals surface area contributed by atoms with Gasteiger partial charge in [-0.25, -0.2) is 8.42 Å². The summed E-state index contributed by atoms with van der Waals surface area (Å²) < 4.78 is 33.9. The van der Waals surface area contributed by atoms with E-state index < -0.39 is 10.0 Å². The van der Waals surface area contributed by atoms with Crippen LogP contribution < -0.4 is 10.3 Å². The highest BCUT2D eigenvalue weighted by molar-refractivity contribution is 7.88. The Hall–Kier alpha value is -2.27. The molecule has 5 rings (SSSR count). The number of thiophene rings is 1. The molecule has 34 heavy (non-hydrogen) atoms. The van der Waals surface area contributed by atoms with E-state index >= 15 is 0 Å². The van der Waals surface area contributed by atoms with Gasteiger partial charge in [-0.3, -0.25) is 14.7 Å². The zero-order valence-electron chi connectivity index (χ0n) is 19.7. The molecule has 1 saturated carbocycles. The molecule has 1 atom stereocenters. The van der Waals surface area contributed by atoms with Gasteiger partial charge in [0.25, 0.3) is 5.56 Å². The molecule has 8 nitrogen and oxygen atoms in total. The van der Waals surface area contributed by atoms with Crippen LogP contribution in [-0.4, -0.2) is 65.7 Å². The highest BCUT2D eigenvalue weighted by Gasteiger charge is 2.29. The van der Waals surface area contributed by atoms with Crippen molar-refractivity contribution in [3.8, 4) is 16.9 Å². The monoisotopic (exact) mass is 502 g/mol. The third kappa shape index (κ3) is 4.91. The zero-order chi connectivity index (χ0) is 24.0. The molecule has 182 valence electrons. The number of hydrogen-bond donors (Lipinski definition) is 0. The van der Waals surface area contributed by atoms with Crippen molar-refractivity contribution < 1.29 is 13.2 Å². The Kier molecular flexibility index (Phi) is 6.26. The fraction of sp³-hybridized carbons (Fsp3) is 0.500. The molecular formula is C24H30N4O4S2. The molecule has 2 aliphatic rings. The standard InChI is InChI=1S/C24H30N4O4S2/c1-16-12-28(34(3,30)31)7-6-27(16)13-20-9-21-23(33-20)22(14-26(2)24(21)29)18-8-19(11-25-10-18)32-15-17-4-5-17/h8-11,14,16-17H,4-7,12-13,15H2,1-3H3/t16-/m1/s1. The summed E-state index contributed by atoms with van der Waals surface area (Å²) >= 11 is 1.62. The van der Waals surface area contributed by atoms with Crippen molar-refractivity contribution in [3.63, 3.8) is 0 Å². The van der Waals surface area contributed by atoms with Gasteiger partial charge in [0.15, 0.2) is 0 Å². The van der Waals surface area contributed by atoms with E-state index in [0.29, 0.717) is 37.5 Å². The second-order valence-electron chi connectivity index (χ2n) is 9.52. The van der Waals surface area contributed by atoms with Crippen molar-refractivity contribution in [3.05, 3.63) is 46.0 Å². The van der Waals surface area contributed by atoms with Gasteiger partial charge in [0, 0.05) is 72.4 Å². The van der Waals surface area contributed by atoms with Crippen LogP contribution >= 0.6 is 11.3 Å². The van der Waals surface area contributed by atoms with Crippen molar-refractivity contribution in [2.24, 2.45) is 13.0 Å². The average Bonchev–Trinajstić information content (AvgIpc) is 3.53. The Morgan fingerprint density at radius 3 is 2.71 bits per heavy atom. The minimum Gasteiger partial charge on any atom is -0.492 e. The highest BCUT2D eigenvalue weighted by Crippen LogP contribution is 2.35. The number of hydrogen-bond acceptors (Lipinski definition) is 7. The molecule has 3 aromatic rings. The van der Waals surface area contributed by atoms with Crippen LogP contribution in [0.2, 0.25) is 0 Å². The second-order valence-corrected chi connectivity index (χ2v) is 12.6. The predicted molar refractivity (Wildman–Crippen MR) is 135 cm³/mol. The predicted octanol–water partition coefficient (Wildman–Crippen LogP) is 2.92. The number of aryl methyl sites for hydroxylation is 1. The molecule has 10 heteroatoms. The summed E-state index contributed by atoms with van der Waals surface area (Å²) in [6, 6.07) is 4.09. The number of sulfonamides is 1. The summed E-state index contributed by atoms with van der Waals surface area (Å²) in [6.07, 6.45) is 9.15. The molecule has 1 aliphatic carbocycles. The van der Waals surface area contributed by atoms with Gasteiger partial charge in [0.05, 0.1) is 24.4 Å². The lowest BCUT2D eigenvalue weighted by molar-refractivity contribution is 0.123. The van der Waals surface area contributed by atoms with Gasteiger partial charge in [-0.1, -0.05) is 0 Å². The van der Waals surface area contributed by atoms with Crippen LogP contribution in [0.25, 0.3) is 21.2 Å². The Morgan fingerprint density at radius 1 is 1.21 bits per heavy atom. The normalized spacial score (nSPS) is 20.1. The lowest BCUT2D eigenvalue weighted by Gasteiger charge is -2.38. The molecule has 0 spiro atoms. The molecule has 0 N–H and O–H groups in total. The van der Waals surface area contributed by atoms with Gasteiger partial charge < -0.3 is 9.30 Å². The first kappa shape index (κ1) is 23.5. The molecule has 1 aliphatic heterocycles. The van der Waals surface area contributed by atoms with Crippen LogP contribution in [0.1, 0.15) is 24.6 Å². The zero-order valence-corrected chi connectivity index (χ0v) is 21.4. The lowest BCUT2D eigenvalue weighted by atomic mass is 10.1. The van der Waals surface area contributed by atoms with Crippen LogP contribution in [0.4, 0.5) is 0 Å². The number of fused-ring (bicyclic) bond motifs is 1. The Labute approximate surface area is 203 Å². The topological polar surface area (TPSA) is 84.7 Å². The Bertz CT molecular complexity index is 1380. The van der Waals surface area contributed by atoms with Gasteiger partial charge >= 0.3 is 0 Å². The number of pyridine rings is 2. The summed E-state index contributed by atoms with van der Waals surface area (Å²) in [6.45, 7) is 5.09. The summed E-state index contributed by atoms with van der Waals surface area (Å²) in [5.41, 5.74) is 1.87. The quantitative estimate of drug-likeness (QED) is 0.494. The van der Waals surface area contributed by atoms with E-state index in [4.69, 9.17) is 4.74 Å². The summed E-state index contributed by atoms with van der Waals surface area (Å²) in [7, 11) is -1.41. The van der Waals surface area contributed by atoms with Gasteiger partial charge in [0.2, 0.25) is 10.0 Å². The maximum atomic E-state index is 12.9. The third-order valence-corrected chi connectivity index (χ3v) is 9.09. The van der Waals surface area contributed by atoms with Crippen molar-refractivity contribution in [2.45, 2.75) is 32.4 Å². The van der Waals surface area contributed by atoms with E-state index in [1.807, 2.05) is 31.5 Å². The number of rotatable bonds is 7. The van der Waals surface area contributed by atoms with E-state index in [2.05, 4.69) is 9.88 Å². The summed E-state index contributed by atoms with van der Waals surface area (Å²) in [4.78, 5) is 20.7. The maximum Gasteiger partial charge on any atom is 0.259 e. The van der Waals surface area contributed by atoms with Crippen molar-refractivity contribution in [1.29, 1.82) is 0 Å². The Balaban J connectivity index is 1.43. The molecular weight excluding hydrogens is 472 g/mol. The van der Waals surface area contributed by atoms with Gasteiger partial charge in [-0.05, 0) is 37.8 Å². The fourth-order valence-corrected chi connectivity index (χ4v) is 6.53. The smallest absolute Gasteiger partial charge is 0.259 e. The third-order valence-electron chi connectivity index (χ3n) is 6.66. The summed E-state index contributed by atoms with van der Waals surface area (Å²) in [5.74, 6) is 1.41. The lowest BCUT2D eigenvalue weighted by Crippen LogP contribution is -2.52. The van der Waals surface area contributed by atoms with E-state index in [9.17, 15) is 13.2 Å². The number of nitrogens with zero attached hydrogens (tertiary/aromatic N) is 4. The SMILES string of the molecule is C[C@@H]1CN(S(C)(=O)=O)CCN1Cc1cc2c(=O)n(C)cc(-c3cncc(OCC4CC4)c3)c2s1. The van der Waals surface area contributed by atoms with Gasteiger partial charge in [-0.2, -0.15) is 4.31 Å². The number of ether oxygens (including phenoxy) is 1. The van der Waals surface area contributed by atoms with E-state index in [1.54, 1.807) is 29.1 Å². The largest absolute Gasteiger partial charge is 0.492 e. The molecule has 0 bridgehead atoms. The minimum atomic E-state index is -3.18. The molecule has 4 heterocycles. The molecule has 1 saturated heterocycles. The molecule has 0 aromatic carbocycles. The van der Waals surface area contributed by atoms with Crippen molar-refractivity contribution in [2.75, 3.05) is 32.5 Å². The summed E-state index contributed by atoms with van der Waals surface area (Å²) in [5, 5.41) is 0.701. The molecule has 3 aromatic heterocycles. The first-order valence-electron chi connectivity index (χ1n) is 11.6. The van der Waals surface area contributed by atoms with E-state index in [-0.39, 0.29) is 11.6 Å². The van der Waals surface area contributed by atoms with E-state index in [0.717, 1.165) is 33.1 Å². The van der Waals surface area contributed by atoms with Gasteiger partial charge in [0.1, 0.15) is 5.75 Å². The number of piperazine rings is 1. The first-order valence-corrected chi connectivity index (χ1v) is 14.2. The first-order chi connectivity index (χ1) is 16.2. The molecule has 0 amide bonds. The van der Waals surface area contributed by atoms with E-state index in [1.165, 1.54) is 23.4 Å². The number of aromatic nitrogens is 2. The molecule has 2 fully saturated rings. The van der Waals surface area contributed by atoms with Crippen LogP contribution in [-0.2, 0) is 23.6 Å². The van der Waals surface area contributed by atoms with Gasteiger partial charge in [-0.15, -0.1) is 11.3 Å². The van der Waals surface area contributed by atoms with Crippen LogP contribution in [0.3, 0.4) is 0 Å². The second kappa shape index (κ2) is 9.07. The molecule has 0 unspecified atom stereocenters. The fourth-order valence-electron chi connectivity index (χ4n) is 4.43. The average molecular weight is 503 g/mol. The van der Waals surface area contributed by atoms with Crippen molar-refractivity contribution in [1.82, 2.24) is 18.8 Å². The van der Waals surface area contributed by atoms with Crippen molar-refractivity contribution >= 4 is 31.4 Å². The van der Waals surface area contributed by atoms with Crippen LogP contribution in [0.15, 0.2) is 35.5 Å². The minimum absolute atomic E-state index is 0.0229. The highest BCUT2D eigenvalue weighted by atomic mass is 32.2. The maximum absolute atomic E-state index is 12.9. The van der Waals surface area contributed by atoms with Crippen LogP contribution in [0.5, 0.6) is 5.75 Å². The molecule has 0 radical (unpaired) electrons. The van der Waals surface area contributed by atoms with Crippen LogP contribution in [0, 0.1) is 5.92 Å².